The Hall–Kier alpha value is -3.04. The maximum Gasteiger partial charge on any atom is 0.262 e. The van der Waals surface area contributed by atoms with E-state index in [2.05, 4.69) is 27.8 Å². The molecule has 0 unspecified atom stereocenters. The van der Waals surface area contributed by atoms with E-state index >= 15 is 0 Å². The summed E-state index contributed by atoms with van der Waals surface area (Å²) >= 11 is 3.44. The molecule has 1 saturated carbocycles. The topological polar surface area (TPSA) is 71.4 Å². The van der Waals surface area contributed by atoms with E-state index in [0.717, 1.165) is 41.3 Å². The zero-order chi connectivity index (χ0) is 23.6. The molecule has 0 saturated heterocycles. The van der Waals surface area contributed by atoms with Crippen molar-refractivity contribution in [1.29, 1.82) is 5.26 Å². The molecule has 0 spiro atoms. The molecular formula is C27H29BrN2O3. The van der Waals surface area contributed by atoms with E-state index in [1.54, 1.807) is 12.2 Å². The minimum atomic E-state index is -0.330. The lowest BCUT2D eigenvalue weighted by Crippen LogP contribution is -2.33. The second-order valence-corrected chi connectivity index (χ2v) is 8.89. The second kappa shape index (κ2) is 12.3. The molecule has 0 radical (unpaired) electrons. The highest BCUT2D eigenvalue weighted by Gasteiger charge is 2.20. The first kappa shape index (κ1) is 24.6. The van der Waals surface area contributed by atoms with Crippen LogP contribution in [0.1, 0.15) is 49.3 Å². The number of hydrogen-bond acceptors (Lipinski definition) is 4. The number of allylic oxidation sites excluding steroid dienone is 1. The Morgan fingerprint density at radius 3 is 2.61 bits per heavy atom. The number of nitriles is 1. The van der Waals surface area contributed by atoms with Gasteiger partial charge in [-0.05, 0) is 67.7 Å². The summed E-state index contributed by atoms with van der Waals surface area (Å²) in [6, 6.07) is 13.9. The first-order valence-corrected chi connectivity index (χ1v) is 12.0. The molecule has 0 bridgehead atoms. The average Bonchev–Trinajstić information content (AvgIpc) is 3.31. The molecule has 5 nitrogen and oxygen atoms in total. The van der Waals surface area contributed by atoms with E-state index in [1.807, 2.05) is 49.4 Å². The highest BCUT2D eigenvalue weighted by Crippen LogP contribution is 2.35. The Morgan fingerprint density at radius 1 is 1.24 bits per heavy atom. The summed E-state index contributed by atoms with van der Waals surface area (Å²) in [7, 11) is 0. The van der Waals surface area contributed by atoms with E-state index in [9.17, 15) is 10.1 Å². The van der Waals surface area contributed by atoms with Gasteiger partial charge >= 0.3 is 0 Å². The van der Waals surface area contributed by atoms with E-state index in [0.29, 0.717) is 36.7 Å². The van der Waals surface area contributed by atoms with Crippen molar-refractivity contribution < 1.29 is 14.3 Å². The predicted octanol–water partition coefficient (Wildman–Crippen LogP) is 6.12. The average molecular weight is 509 g/mol. The van der Waals surface area contributed by atoms with Crippen LogP contribution >= 0.6 is 15.9 Å². The van der Waals surface area contributed by atoms with Gasteiger partial charge in [-0.1, -0.05) is 47.0 Å². The van der Waals surface area contributed by atoms with Gasteiger partial charge < -0.3 is 14.8 Å². The van der Waals surface area contributed by atoms with E-state index in [1.165, 1.54) is 0 Å². The molecule has 1 amide bonds. The maximum atomic E-state index is 12.6. The first-order valence-electron chi connectivity index (χ1n) is 11.2. The van der Waals surface area contributed by atoms with Crippen LogP contribution in [0.5, 0.6) is 11.5 Å². The summed E-state index contributed by atoms with van der Waals surface area (Å²) in [5.74, 6) is 0.891. The second-order valence-electron chi connectivity index (χ2n) is 7.97. The van der Waals surface area contributed by atoms with E-state index in [4.69, 9.17) is 9.47 Å². The van der Waals surface area contributed by atoms with Crippen molar-refractivity contribution in [3.8, 4) is 17.6 Å². The van der Waals surface area contributed by atoms with Crippen LogP contribution in [0.15, 0.2) is 59.1 Å². The van der Waals surface area contributed by atoms with E-state index in [-0.39, 0.29) is 17.5 Å². The van der Waals surface area contributed by atoms with Gasteiger partial charge in [0.1, 0.15) is 18.2 Å². The van der Waals surface area contributed by atoms with Crippen LogP contribution in [-0.4, -0.2) is 18.6 Å². The Bertz CT molecular complexity index is 1050. The Balaban J connectivity index is 1.89. The van der Waals surface area contributed by atoms with Crippen molar-refractivity contribution in [2.45, 2.75) is 51.7 Å². The summed E-state index contributed by atoms with van der Waals surface area (Å²) in [6.07, 6.45) is 8.12. The van der Waals surface area contributed by atoms with Crippen molar-refractivity contribution in [3.63, 3.8) is 0 Å². The van der Waals surface area contributed by atoms with Gasteiger partial charge in [0, 0.05) is 16.1 Å². The summed E-state index contributed by atoms with van der Waals surface area (Å²) in [5.41, 5.74) is 2.71. The Morgan fingerprint density at radius 2 is 1.97 bits per heavy atom. The minimum absolute atomic E-state index is 0.0810. The number of rotatable bonds is 10. The third kappa shape index (κ3) is 6.97. The van der Waals surface area contributed by atoms with Crippen molar-refractivity contribution in [3.05, 3.63) is 75.8 Å². The quantitative estimate of drug-likeness (QED) is 0.238. The van der Waals surface area contributed by atoms with Gasteiger partial charge in [0.25, 0.3) is 5.91 Å². The lowest BCUT2D eigenvalue weighted by Gasteiger charge is -2.17. The Kier molecular flexibility index (Phi) is 9.14. The number of carbonyl (C=O) groups is 1. The SMILES string of the molecule is C=CCc1cc(/C=C(/C#N)C(=O)NC2CCCC2)cc(OCC)c1OCc1ccc(Br)cc1. The third-order valence-electron chi connectivity index (χ3n) is 5.48. The standard InChI is InChI=1S/C27H29BrN2O3/c1-3-7-21-14-20(15-22(17-29)27(31)30-24-8-5-6-9-24)16-25(32-4-2)26(21)33-18-19-10-12-23(28)13-11-19/h3,10-16,24H,1,4-9,18H2,2H3,(H,30,31)/b22-15-. The van der Waals surface area contributed by atoms with Gasteiger partial charge in [0.2, 0.25) is 0 Å². The molecule has 2 aromatic rings. The van der Waals surface area contributed by atoms with Gasteiger partial charge in [-0.3, -0.25) is 4.79 Å². The maximum absolute atomic E-state index is 12.6. The molecule has 1 aliphatic rings. The molecule has 0 heterocycles. The molecule has 172 valence electrons. The number of benzene rings is 2. The number of halogens is 1. The molecule has 3 rings (SSSR count). The molecule has 1 N–H and O–H groups in total. The fourth-order valence-corrected chi connectivity index (χ4v) is 4.15. The third-order valence-corrected chi connectivity index (χ3v) is 6.01. The molecule has 0 aromatic heterocycles. The van der Waals surface area contributed by atoms with Crippen LogP contribution in [0.3, 0.4) is 0 Å². The molecule has 2 aromatic carbocycles. The highest BCUT2D eigenvalue weighted by molar-refractivity contribution is 9.10. The number of hydrogen-bond donors (Lipinski definition) is 1. The fraction of sp³-hybridized carbons (Fsp3) is 0.333. The van der Waals surface area contributed by atoms with Crippen LogP contribution in [0.2, 0.25) is 0 Å². The molecule has 0 atom stereocenters. The van der Waals surface area contributed by atoms with Crippen molar-refractivity contribution in [2.24, 2.45) is 0 Å². The molecule has 6 heteroatoms. The zero-order valence-corrected chi connectivity index (χ0v) is 20.5. The lowest BCUT2D eigenvalue weighted by atomic mass is 10.0. The summed E-state index contributed by atoms with van der Waals surface area (Å²) in [5, 5.41) is 12.6. The zero-order valence-electron chi connectivity index (χ0n) is 18.9. The number of nitrogens with one attached hydrogen (secondary N) is 1. The number of nitrogens with zero attached hydrogens (tertiary/aromatic N) is 1. The smallest absolute Gasteiger partial charge is 0.262 e. The van der Waals surface area contributed by atoms with E-state index < -0.39 is 0 Å². The van der Waals surface area contributed by atoms with Crippen molar-refractivity contribution in [1.82, 2.24) is 5.32 Å². The van der Waals surface area contributed by atoms with Crippen molar-refractivity contribution >= 4 is 27.9 Å². The highest BCUT2D eigenvalue weighted by atomic mass is 79.9. The van der Waals surface area contributed by atoms with Crippen LogP contribution in [0, 0.1) is 11.3 Å². The number of amides is 1. The first-order chi connectivity index (χ1) is 16.0. The summed E-state index contributed by atoms with van der Waals surface area (Å²) in [6.45, 7) is 6.62. The van der Waals surface area contributed by atoms with Gasteiger partial charge in [0.15, 0.2) is 11.5 Å². The van der Waals surface area contributed by atoms with Crippen LogP contribution in [0.25, 0.3) is 6.08 Å². The predicted molar refractivity (Wildman–Crippen MR) is 134 cm³/mol. The largest absolute Gasteiger partial charge is 0.490 e. The molecule has 1 aliphatic carbocycles. The van der Waals surface area contributed by atoms with Gasteiger partial charge in [-0.25, -0.2) is 0 Å². The van der Waals surface area contributed by atoms with Crippen molar-refractivity contribution in [2.75, 3.05) is 6.61 Å². The fourth-order valence-electron chi connectivity index (χ4n) is 3.89. The minimum Gasteiger partial charge on any atom is -0.490 e. The summed E-state index contributed by atoms with van der Waals surface area (Å²) < 4.78 is 13.1. The summed E-state index contributed by atoms with van der Waals surface area (Å²) in [4.78, 5) is 12.6. The van der Waals surface area contributed by atoms with Gasteiger partial charge in [-0.15, -0.1) is 6.58 Å². The number of carbonyl (C=O) groups excluding carboxylic acids is 1. The molecular weight excluding hydrogens is 480 g/mol. The lowest BCUT2D eigenvalue weighted by molar-refractivity contribution is -0.117. The van der Waals surface area contributed by atoms with Gasteiger partial charge in [0.05, 0.1) is 6.61 Å². The number of ether oxygens (including phenoxy) is 2. The van der Waals surface area contributed by atoms with Gasteiger partial charge in [-0.2, -0.15) is 5.26 Å². The molecule has 0 aliphatic heterocycles. The monoisotopic (exact) mass is 508 g/mol. The Labute approximate surface area is 204 Å². The van der Waals surface area contributed by atoms with Crippen LogP contribution in [-0.2, 0) is 17.8 Å². The normalized spacial score (nSPS) is 13.9. The molecule has 33 heavy (non-hydrogen) atoms. The molecule has 1 fully saturated rings. The van der Waals surface area contributed by atoms with Crippen LogP contribution < -0.4 is 14.8 Å². The van der Waals surface area contributed by atoms with Crippen LogP contribution in [0.4, 0.5) is 0 Å².